The van der Waals surface area contributed by atoms with Crippen LogP contribution in [0.5, 0.6) is 0 Å². The van der Waals surface area contributed by atoms with Gasteiger partial charge >= 0.3 is 5.97 Å². The van der Waals surface area contributed by atoms with Crippen LogP contribution in [-0.4, -0.2) is 33.7 Å². The molecule has 6 nitrogen and oxygen atoms in total. The Bertz CT molecular complexity index is 472. The van der Waals surface area contributed by atoms with E-state index in [2.05, 4.69) is 24.0 Å². The molecule has 1 unspecified atom stereocenters. The zero-order valence-electron chi connectivity index (χ0n) is 10.3. The fourth-order valence-electron chi connectivity index (χ4n) is 1.84. The predicted octanol–water partition coefficient (Wildman–Crippen LogP) is 1.17. The average molecular weight is 269 g/mol. The van der Waals surface area contributed by atoms with Gasteiger partial charge < -0.3 is 5.11 Å². The number of aliphatic carboxylic acids is 1. The first-order chi connectivity index (χ1) is 8.47. The van der Waals surface area contributed by atoms with E-state index in [-0.39, 0.29) is 18.9 Å². The fourth-order valence-corrected chi connectivity index (χ4v) is 2.92. The number of hydrogen-bond acceptors (Lipinski definition) is 5. The molecular weight excluding hydrogens is 254 g/mol. The smallest absolute Gasteiger partial charge is 0.308 e. The van der Waals surface area contributed by atoms with Crippen molar-refractivity contribution in [2.24, 2.45) is 11.8 Å². The highest BCUT2D eigenvalue weighted by atomic mass is 32.1. The largest absolute Gasteiger partial charge is 0.481 e. The number of rotatable bonds is 4. The van der Waals surface area contributed by atoms with Crippen LogP contribution in [0, 0.1) is 11.8 Å². The molecule has 1 atom stereocenters. The van der Waals surface area contributed by atoms with Crippen molar-refractivity contribution in [1.29, 1.82) is 0 Å². The third-order valence-electron chi connectivity index (χ3n) is 2.74. The SMILES string of the molecule is CC(C)Cc1nnc(N2CC(C(=O)O)CC2=O)s1. The van der Waals surface area contributed by atoms with E-state index >= 15 is 0 Å². The van der Waals surface area contributed by atoms with Crippen LogP contribution in [0.4, 0.5) is 5.13 Å². The summed E-state index contributed by atoms with van der Waals surface area (Å²) in [6.45, 7) is 4.37. The lowest BCUT2D eigenvalue weighted by atomic mass is 10.1. The second-order valence-corrected chi connectivity index (χ2v) is 5.86. The van der Waals surface area contributed by atoms with E-state index in [1.165, 1.54) is 16.2 Å². The van der Waals surface area contributed by atoms with E-state index in [9.17, 15) is 9.59 Å². The summed E-state index contributed by atoms with van der Waals surface area (Å²) in [4.78, 5) is 24.0. The Morgan fingerprint density at radius 1 is 1.56 bits per heavy atom. The highest BCUT2D eigenvalue weighted by molar-refractivity contribution is 7.15. The molecule has 1 aliphatic heterocycles. The van der Waals surface area contributed by atoms with Gasteiger partial charge in [0.25, 0.3) is 0 Å². The number of anilines is 1. The third-order valence-corrected chi connectivity index (χ3v) is 3.71. The summed E-state index contributed by atoms with van der Waals surface area (Å²) in [6, 6.07) is 0. The Balaban J connectivity index is 2.10. The standard InChI is InChI=1S/C11H15N3O3S/c1-6(2)3-8-12-13-11(18-8)14-5-7(10(16)17)4-9(14)15/h6-7H,3-5H2,1-2H3,(H,16,17). The highest BCUT2D eigenvalue weighted by Crippen LogP contribution is 2.28. The molecule has 0 aliphatic carbocycles. The number of aromatic nitrogens is 2. The number of amides is 1. The molecule has 0 bridgehead atoms. The molecule has 2 rings (SSSR count). The monoisotopic (exact) mass is 269 g/mol. The van der Waals surface area contributed by atoms with Crippen LogP contribution in [0.3, 0.4) is 0 Å². The van der Waals surface area contributed by atoms with Crippen LogP contribution >= 0.6 is 11.3 Å². The first kappa shape index (κ1) is 12.9. The van der Waals surface area contributed by atoms with Crippen molar-refractivity contribution < 1.29 is 14.7 Å². The van der Waals surface area contributed by atoms with Crippen molar-refractivity contribution in [3.63, 3.8) is 0 Å². The topological polar surface area (TPSA) is 83.4 Å². The molecule has 1 saturated heterocycles. The molecule has 1 N–H and O–H groups in total. The Morgan fingerprint density at radius 2 is 2.28 bits per heavy atom. The second kappa shape index (κ2) is 5.01. The quantitative estimate of drug-likeness (QED) is 0.887. The molecule has 1 fully saturated rings. The number of nitrogens with zero attached hydrogens (tertiary/aromatic N) is 3. The molecule has 1 aromatic rings. The van der Waals surface area contributed by atoms with E-state index in [0.29, 0.717) is 11.0 Å². The van der Waals surface area contributed by atoms with Crippen molar-refractivity contribution in [1.82, 2.24) is 10.2 Å². The van der Waals surface area contributed by atoms with Gasteiger partial charge in [0.05, 0.1) is 5.92 Å². The number of hydrogen-bond donors (Lipinski definition) is 1. The van der Waals surface area contributed by atoms with Crippen molar-refractivity contribution >= 4 is 28.3 Å². The lowest BCUT2D eigenvalue weighted by Crippen LogP contribution is -2.25. The van der Waals surface area contributed by atoms with Crippen LogP contribution in [-0.2, 0) is 16.0 Å². The minimum Gasteiger partial charge on any atom is -0.481 e. The zero-order valence-corrected chi connectivity index (χ0v) is 11.1. The summed E-state index contributed by atoms with van der Waals surface area (Å²) in [5.74, 6) is -1.27. The van der Waals surface area contributed by atoms with Gasteiger partial charge in [-0.3, -0.25) is 14.5 Å². The van der Waals surface area contributed by atoms with Crippen LogP contribution in [0.25, 0.3) is 0 Å². The van der Waals surface area contributed by atoms with E-state index in [0.717, 1.165) is 11.4 Å². The molecule has 0 spiro atoms. The van der Waals surface area contributed by atoms with Gasteiger partial charge in [0.15, 0.2) is 0 Å². The molecule has 0 radical (unpaired) electrons. The third kappa shape index (κ3) is 2.66. The normalized spacial score (nSPS) is 19.8. The fraction of sp³-hybridized carbons (Fsp3) is 0.636. The summed E-state index contributed by atoms with van der Waals surface area (Å²) < 4.78 is 0. The predicted molar refractivity (Wildman–Crippen MR) is 66.5 cm³/mol. The van der Waals surface area contributed by atoms with Gasteiger partial charge in [0.2, 0.25) is 11.0 Å². The minimum atomic E-state index is -0.933. The zero-order chi connectivity index (χ0) is 13.3. The van der Waals surface area contributed by atoms with E-state index in [1.807, 2.05) is 0 Å². The summed E-state index contributed by atoms with van der Waals surface area (Å²) in [7, 11) is 0. The molecule has 98 valence electrons. The average Bonchev–Trinajstić information content (AvgIpc) is 2.83. The van der Waals surface area contributed by atoms with Crippen LogP contribution in [0.1, 0.15) is 25.3 Å². The van der Waals surface area contributed by atoms with Crippen molar-refractivity contribution in [3.8, 4) is 0 Å². The lowest BCUT2D eigenvalue weighted by Gasteiger charge is -2.10. The molecule has 0 saturated carbocycles. The summed E-state index contributed by atoms with van der Waals surface area (Å²) >= 11 is 1.37. The maximum Gasteiger partial charge on any atom is 0.308 e. The van der Waals surface area contributed by atoms with Crippen molar-refractivity contribution in [2.45, 2.75) is 26.7 Å². The Morgan fingerprint density at radius 3 is 2.83 bits per heavy atom. The van der Waals surface area contributed by atoms with Gasteiger partial charge in [-0.1, -0.05) is 25.2 Å². The Kier molecular flexibility index (Phi) is 3.60. The van der Waals surface area contributed by atoms with Gasteiger partial charge in [-0.2, -0.15) is 0 Å². The molecule has 7 heteroatoms. The minimum absolute atomic E-state index is 0.0500. The second-order valence-electron chi connectivity index (χ2n) is 4.82. The van der Waals surface area contributed by atoms with Crippen molar-refractivity contribution in [2.75, 3.05) is 11.4 Å². The summed E-state index contributed by atoms with van der Waals surface area (Å²) in [5.41, 5.74) is 0. The molecule has 18 heavy (non-hydrogen) atoms. The van der Waals surface area contributed by atoms with Crippen LogP contribution < -0.4 is 4.90 Å². The number of carbonyl (C=O) groups is 2. The number of carboxylic acids is 1. The first-order valence-electron chi connectivity index (χ1n) is 5.83. The van der Waals surface area contributed by atoms with Gasteiger partial charge in [-0.05, 0) is 5.92 Å². The number of carbonyl (C=O) groups excluding carboxylic acids is 1. The Hall–Kier alpha value is -1.50. The maximum absolute atomic E-state index is 11.7. The summed E-state index contributed by atoms with van der Waals surface area (Å²) in [5, 5.41) is 18.3. The number of carboxylic acid groups (broad SMARTS) is 1. The van der Waals surface area contributed by atoms with Gasteiger partial charge in [0, 0.05) is 19.4 Å². The highest BCUT2D eigenvalue weighted by Gasteiger charge is 2.36. The van der Waals surface area contributed by atoms with E-state index < -0.39 is 11.9 Å². The van der Waals surface area contributed by atoms with E-state index in [4.69, 9.17) is 5.11 Å². The first-order valence-corrected chi connectivity index (χ1v) is 6.64. The lowest BCUT2D eigenvalue weighted by molar-refractivity contribution is -0.141. The van der Waals surface area contributed by atoms with Crippen LogP contribution in [0.2, 0.25) is 0 Å². The van der Waals surface area contributed by atoms with Gasteiger partial charge in [0.1, 0.15) is 5.01 Å². The molecule has 1 aromatic heterocycles. The van der Waals surface area contributed by atoms with Gasteiger partial charge in [-0.25, -0.2) is 0 Å². The van der Waals surface area contributed by atoms with Crippen molar-refractivity contribution in [3.05, 3.63) is 5.01 Å². The molecule has 2 heterocycles. The molecular formula is C11H15N3O3S. The van der Waals surface area contributed by atoms with Crippen LogP contribution in [0.15, 0.2) is 0 Å². The molecule has 1 aliphatic rings. The maximum atomic E-state index is 11.7. The Labute approximate surface area is 109 Å². The molecule has 0 aromatic carbocycles. The van der Waals surface area contributed by atoms with E-state index in [1.54, 1.807) is 0 Å². The summed E-state index contributed by atoms with van der Waals surface area (Å²) in [6.07, 6.45) is 0.872. The van der Waals surface area contributed by atoms with Gasteiger partial charge in [-0.15, -0.1) is 10.2 Å². The molecule has 1 amide bonds.